The van der Waals surface area contributed by atoms with Crippen molar-refractivity contribution in [3.63, 3.8) is 0 Å². The van der Waals surface area contributed by atoms with Gasteiger partial charge in [0.25, 0.3) is 5.97 Å². The van der Waals surface area contributed by atoms with E-state index >= 15 is 0 Å². The van der Waals surface area contributed by atoms with Crippen LogP contribution in [0.2, 0.25) is 0 Å². The third-order valence-electron chi connectivity index (χ3n) is 8.12. The zero-order valence-corrected chi connectivity index (χ0v) is 29.5. The Morgan fingerprint density at radius 3 is 2.22 bits per heavy atom. The highest BCUT2D eigenvalue weighted by molar-refractivity contribution is 5.96. The van der Waals surface area contributed by atoms with Crippen molar-refractivity contribution >= 4 is 35.6 Å². The normalized spacial score (nSPS) is 15.2. The average Bonchev–Trinajstić information content (AvgIpc) is 3.57. The van der Waals surface area contributed by atoms with Crippen molar-refractivity contribution in [1.29, 1.82) is 0 Å². The molecule has 0 unspecified atom stereocenters. The summed E-state index contributed by atoms with van der Waals surface area (Å²) in [7, 11) is 2.97. The minimum atomic E-state index is -1.61. The number of nitrogens with two attached hydrogens (primary N) is 2. The molecular formula is C35H50N6O10. The SMILES string of the molecule is CC(=O)O.COc1ccc(C[C@](C)(NC(=O)[C@@H]2CCCN2C(=O)CCCc2ccc(O)cc2)C(=O)N[C@@H](CCCN=C(N)N)C(=O)O)cc1OC. The maximum Gasteiger partial charge on any atom is 0.326 e. The third-order valence-corrected chi connectivity index (χ3v) is 8.12. The fourth-order valence-corrected chi connectivity index (χ4v) is 5.60. The highest BCUT2D eigenvalue weighted by atomic mass is 16.5. The number of aryl methyl sites for hydroxylation is 1. The van der Waals surface area contributed by atoms with E-state index in [4.69, 9.17) is 30.8 Å². The lowest BCUT2D eigenvalue weighted by atomic mass is 9.90. The number of aliphatic imine (C=N–C) groups is 1. The van der Waals surface area contributed by atoms with E-state index in [0.717, 1.165) is 12.5 Å². The number of phenols is 1. The van der Waals surface area contributed by atoms with Crippen LogP contribution in [0.4, 0.5) is 0 Å². The van der Waals surface area contributed by atoms with Crippen molar-refractivity contribution in [3.05, 3.63) is 53.6 Å². The lowest BCUT2D eigenvalue weighted by Gasteiger charge is -2.34. The molecule has 2 aromatic rings. The second-order valence-corrected chi connectivity index (χ2v) is 12.3. The molecule has 3 amide bonds. The predicted molar refractivity (Wildman–Crippen MR) is 188 cm³/mol. The number of nitrogens with zero attached hydrogens (tertiary/aromatic N) is 2. The number of carbonyl (C=O) groups is 5. The lowest BCUT2D eigenvalue weighted by Crippen LogP contribution is -2.63. The first-order chi connectivity index (χ1) is 24.1. The fraction of sp³-hybridized carbons (Fsp3) is 0.486. The van der Waals surface area contributed by atoms with Crippen LogP contribution >= 0.6 is 0 Å². The number of benzene rings is 2. The van der Waals surface area contributed by atoms with E-state index in [9.17, 15) is 29.4 Å². The van der Waals surface area contributed by atoms with Crippen molar-refractivity contribution < 1.29 is 48.8 Å². The Morgan fingerprint density at radius 1 is 1.00 bits per heavy atom. The zero-order chi connectivity index (χ0) is 38.1. The van der Waals surface area contributed by atoms with Crippen LogP contribution in [0.5, 0.6) is 17.2 Å². The summed E-state index contributed by atoms with van der Waals surface area (Å²) in [6.45, 7) is 3.20. The molecule has 1 aliphatic heterocycles. The van der Waals surface area contributed by atoms with Gasteiger partial charge in [0.15, 0.2) is 17.5 Å². The summed E-state index contributed by atoms with van der Waals surface area (Å²) in [6.07, 6.45) is 2.80. The van der Waals surface area contributed by atoms with Gasteiger partial charge in [0.1, 0.15) is 23.4 Å². The Balaban J connectivity index is 0.00000213. The monoisotopic (exact) mass is 714 g/mol. The molecular weight excluding hydrogens is 664 g/mol. The second-order valence-electron chi connectivity index (χ2n) is 12.3. The lowest BCUT2D eigenvalue weighted by molar-refractivity contribution is -0.144. The van der Waals surface area contributed by atoms with Crippen molar-refractivity contribution in [2.24, 2.45) is 16.5 Å². The molecule has 51 heavy (non-hydrogen) atoms. The van der Waals surface area contributed by atoms with Gasteiger partial charge in [-0.2, -0.15) is 0 Å². The molecule has 0 saturated carbocycles. The van der Waals surface area contributed by atoms with Crippen LogP contribution in [-0.4, -0.2) is 101 Å². The number of aromatic hydroxyl groups is 1. The maximum atomic E-state index is 13.9. The van der Waals surface area contributed by atoms with Gasteiger partial charge in [-0.05, 0) is 80.8 Å². The number of methoxy groups -OCH3 is 2. The average molecular weight is 715 g/mol. The van der Waals surface area contributed by atoms with Gasteiger partial charge in [-0.15, -0.1) is 0 Å². The van der Waals surface area contributed by atoms with Crippen LogP contribution in [-0.2, 0) is 36.8 Å². The Labute approximate surface area is 297 Å². The summed E-state index contributed by atoms with van der Waals surface area (Å²) in [5.41, 5.74) is 10.7. The minimum absolute atomic E-state index is 0.0153. The highest BCUT2D eigenvalue weighted by Crippen LogP contribution is 2.30. The van der Waals surface area contributed by atoms with Crippen molar-refractivity contribution in [2.45, 2.75) is 82.8 Å². The second kappa shape index (κ2) is 20.2. The van der Waals surface area contributed by atoms with Gasteiger partial charge in [-0.3, -0.25) is 24.2 Å². The van der Waals surface area contributed by atoms with Crippen LogP contribution in [0.3, 0.4) is 0 Å². The van der Waals surface area contributed by atoms with E-state index in [1.807, 2.05) is 0 Å². The Bertz CT molecular complexity index is 1530. The number of hydrogen-bond donors (Lipinski definition) is 7. The van der Waals surface area contributed by atoms with E-state index < -0.39 is 41.4 Å². The number of amides is 3. The number of rotatable bonds is 17. The molecule has 0 aromatic heterocycles. The van der Waals surface area contributed by atoms with E-state index in [1.165, 1.54) is 21.1 Å². The summed E-state index contributed by atoms with van der Waals surface area (Å²) in [5.74, 6) is -2.52. The summed E-state index contributed by atoms with van der Waals surface area (Å²) < 4.78 is 10.7. The molecule has 2 aromatic carbocycles. The Kier molecular flexibility index (Phi) is 16.5. The summed E-state index contributed by atoms with van der Waals surface area (Å²) >= 11 is 0. The zero-order valence-electron chi connectivity index (χ0n) is 29.5. The standard InChI is InChI=1S/C33H46N6O8.C2H4O2/c1-33(20-22-13-16-26(46-2)27(19-22)47-3,31(45)37-24(30(43)44)8-5-17-36-32(34)35)38-29(42)25-9-6-18-39(25)28(41)10-4-7-21-11-14-23(40)15-12-21;1-2(3)4/h11-16,19,24-25,40H,4-10,17-18,20H2,1-3H3,(H,37,45)(H,38,42)(H,43,44)(H4,34,35,36);1H3,(H,3,4)/t24-,25-,33-;/m0./s1. The molecule has 1 aliphatic rings. The summed E-state index contributed by atoms with van der Waals surface area (Å²) in [4.78, 5) is 67.4. The van der Waals surface area contributed by atoms with Crippen molar-refractivity contribution in [1.82, 2.24) is 15.5 Å². The number of carbonyl (C=O) groups excluding carboxylic acids is 3. The number of carboxylic acid groups (broad SMARTS) is 2. The molecule has 1 fully saturated rings. The van der Waals surface area contributed by atoms with E-state index in [1.54, 1.807) is 47.4 Å². The first-order valence-corrected chi connectivity index (χ1v) is 16.5. The first kappa shape index (κ1) is 41.6. The largest absolute Gasteiger partial charge is 0.508 e. The number of hydrogen-bond acceptors (Lipinski definition) is 9. The molecule has 0 bridgehead atoms. The molecule has 0 aliphatic carbocycles. The number of guanidine groups is 1. The summed E-state index contributed by atoms with van der Waals surface area (Å²) in [6, 6.07) is 9.82. The predicted octanol–water partition coefficient (Wildman–Crippen LogP) is 1.55. The van der Waals surface area contributed by atoms with E-state index in [-0.39, 0.29) is 43.4 Å². The number of carboxylic acids is 2. The Hall–Kier alpha value is -5.54. The molecule has 3 rings (SSSR count). The van der Waals surface area contributed by atoms with Gasteiger partial charge in [0.2, 0.25) is 17.7 Å². The molecule has 16 heteroatoms. The Morgan fingerprint density at radius 2 is 1.63 bits per heavy atom. The molecule has 280 valence electrons. The number of nitrogens with one attached hydrogen (secondary N) is 2. The van der Waals surface area contributed by atoms with Crippen molar-refractivity contribution in [2.75, 3.05) is 27.3 Å². The molecule has 0 spiro atoms. The van der Waals surface area contributed by atoms with Gasteiger partial charge >= 0.3 is 5.97 Å². The van der Waals surface area contributed by atoms with Gasteiger partial charge < -0.3 is 51.8 Å². The molecule has 9 N–H and O–H groups in total. The molecule has 1 heterocycles. The fourth-order valence-electron chi connectivity index (χ4n) is 5.60. The quantitative estimate of drug-likeness (QED) is 0.0700. The van der Waals surface area contributed by atoms with Gasteiger partial charge in [-0.1, -0.05) is 18.2 Å². The van der Waals surface area contributed by atoms with Crippen LogP contribution in [0.15, 0.2) is 47.5 Å². The van der Waals surface area contributed by atoms with Gasteiger partial charge in [0, 0.05) is 32.9 Å². The number of aliphatic carboxylic acids is 2. The van der Waals surface area contributed by atoms with E-state index in [0.29, 0.717) is 55.7 Å². The number of phenolic OH excluding ortho intramolecular Hbond substituents is 1. The molecule has 3 atom stereocenters. The summed E-state index contributed by atoms with van der Waals surface area (Å²) in [5, 5.41) is 32.2. The highest BCUT2D eigenvalue weighted by Gasteiger charge is 2.42. The number of ether oxygens (including phenoxy) is 2. The van der Waals surface area contributed by atoms with E-state index in [2.05, 4.69) is 15.6 Å². The maximum absolute atomic E-state index is 13.9. The topological polar surface area (TPSA) is 256 Å². The van der Waals surface area contributed by atoms with Crippen LogP contribution in [0.1, 0.15) is 63.5 Å². The van der Waals surface area contributed by atoms with Gasteiger partial charge in [-0.25, -0.2) is 4.79 Å². The van der Waals surface area contributed by atoms with Crippen LogP contribution in [0.25, 0.3) is 0 Å². The third kappa shape index (κ3) is 13.7. The van der Waals surface area contributed by atoms with Crippen LogP contribution < -0.4 is 31.6 Å². The molecule has 1 saturated heterocycles. The minimum Gasteiger partial charge on any atom is -0.508 e. The molecule has 0 radical (unpaired) electrons. The number of likely N-dealkylation sites (tertiary alicyclic amines) is 1. The van der Waals surface area contributed by atoms with Gasteiger partial charge in [0.05, 0.1) is 14.2 Å². The first-order valence-electron chi connectivity index (χ1n) is 16.5. The smallest absolute Gasteiger partial charge is 0.326 e. The van der Waals surface area contributed by atoms with Crippen LogP contribution in [0, 0.1) is 0 Å². The van der Waals surface area contributed by atoms with Crippen molar-refractivity contribution in [3.8, 4) is 17.2 Å². The molecule has 16 nitrogen and oxygen atoms in total.